The van der Waals surface area contributed by atoms with Crippen molar-refractivity contribution in [2.75, 3.05) is 19.8 Å². The van der Waals surface area contributed by atoms with E-state index in [9.17, 15) is 9.90 Å². The lowest BCUT2D eigenvalue weighted by Gasteiger charge is -2.22. The first-order chi connectivity index (χ1) is 9.25. The van der Waals surface area contributed by atoms with Crippen LogP contribution in [0.15, 0.2) is 18.2 Å². The first kappa shape index (κ1) is 12.1. The minimum absolute atomic E-state index is 0.125. The molecule has 1 aromatic carbocycles. The molecule has 2 heterocycles. The van der Waals surface area contributed by atoms with Gasteiger partial charge in [-0.25, -0.2) is 9.48 Å². The predicted octanol–water partition coefficient (Wildman–Crippen LogP) is 0.545. The molecule has 1 unspecified atom stereocenters. The van der Waals surface area contributed by atoms with Crippen molar-refractivity contribution in [2.45, 2.75) is 12.6 Å². The molecule has 0 bridgehead atoms. The molecule has 1 aromatic heterocycles. The van der Waals surface area contributed by atoms with Crippen LogP contribution in [0.1, 0.15) is 10.4 Å². The quantitative estimate of drug-likeness (QED) is 0.870. The Morgan fingerprint density at radius 2 is 2.37 bits per heavy atom. The highest BCUT2D eigenvalue weighted by molar-refractivity contribution is 6.00. The van der Waals surface area contributed by atoms with E-state index in [1.54, 1.807) is 22.9 Å². The lowest BCUT2D eigenvalue weighted by molar-refractivity contribution is -0.0943. The molecule has 1 fully saturated rings. The number of aromatic nitrogens is 3. The number of fused-ring (bicyclic) bond motifs is 1. The number of benzene rings is 1. The van der Waals surface area contributed by atoms with Crippen molar-refractivity contribution < 1.29 is 19.4 Å². The Bertz CT molecular complexity index is 604. The van der Waals surface area contributed by atoms with Crippen LogP contribution in [-0.2, 0) is 16.0 Å². The highest BCUT2D eigenvalue weighted by Crippen LogP contribution is 2.17. The normalized spacial score (nSPS) is 19.7. The highest BCUT2D eigenvalue weighted by atomic mass is 16.6. The number of hydrogen-bond acceptors (Lipinski definition) is 5. The van der Waals surface area contributed by atoms with Crippen molar-refractivity contribution in [3.8, 4) is 0 Å². The van der Waals surface area contributed by atoms with Gasteiger partial charge in [0.05, 0.1) is 31.9 Å². The Labute approximate surface area is 108 Å². The number of para-hydroxylation sites is 1. The molecule has 1 atom stereocenters. The lowest BCUT2D eigenvalue weighted by atomic mass is 10.2. The molecule has 19 heavy (non-hydrogen) atoms. The van der Waals surface area contributed by atoms with Gasteiger partial charge in [0, 0.05) is 0 Å². The lowest BCUT2D eigenvalue weighted by Crippen LogP contribution is -2.32. The van der Waals surface area contributed by atoms with Gasteiger partial charge in [0.1, 0.15) is 17.1 Å². The van der Waals surface area contributed by atoms with E-state index in [4.69, 9.17) is 9.47 Å². The smallest absolute Gasteiger partial charge is 0.337 e. The molecule has 0 spiro atoms. The fourth-order valence-electron chi connectivity index (χ4n) is 2.17. The van der Waals surface area contributed by atoms with Gasteiger partial charge in [-0.1, -0.05) is 11.3 Å². The van der Waals surface area contributed by atoms with E-state index in [0.29, 0.717) is 37.4 Å². The Balaban J connectivity index is 1.96. The Hall–Kier alpha value is -1.99. The monoisotopic (exact) mass is 263 g/mol. The van der Waals surface area contributed by atoms with Crippen LogP contribution in [0.25, 0.3) is 11.0 Å². The number of nitrogens with zero attached hydrogens (tertiary/aromatic N) is 3. The van der Waals surface area contributed by atoms with Crippen molar-refractivity contribution in [1.82, 2.24) is 15.0 Å². The van der Waals surface area contributed by atoms with Crippen LogP contribution in [0.2, 0.25) is 0 Å². The number of hydrogen-bond donors (Lipinski definition) is 1. The van der Waals surface area contributed by atoms with Crippen molar-refractivity contribution >= 4 is 17.0 Å². The molecule has 1 aliphatic heterocycles. The van der Waals surface area contributed by atoms with Crippen LogP contribution >= 0.6 is 0 Å². The maximum absolute atomic E-state index is 11.2. The van der Waals surface area contributed by atoms with Crippen LogP contribution in [0.4, 0.5) is 0 Å². The fraction of sp³-hybridized carbons (Fsp3) is 0.417. The minimum atomic E-state index is -0.991. The zero-order valence-corrected chi connectivity index (χ0v) is 10.2. The van der Waals surface area contributed by atoms with Crippen molar-refractivity contribution in [3.63, 3.8) is 0 Å². The molecule has 0 amide bonds. The summed E-state index contributed by atoms with van der Waals surface area (Å²) in [5.74, 6) is -0.991. The topological polar surface area (TPSA) is 86.5 Å². The van der Waals surface area contributed by atoms with Crippen LogP contribution in [0.3, 0.4) is 0 Å². The van der Waals surface area contributed by atoms with E-state index >= 15 is 0 Å². The maximum atomic E-state index is 11.2. The summed E-state index contributed by atoms with van der Waals surface area (Å²) >= 11 is 0. The highest BCUT2D eigenvalue weighted by Gasteiger charge is 2.19. The number of carboxylic acids is 1. The molecule has 0 radical (unpaired) electrons. The molecule has 1 saturated heterocycles. The zero-order chi connectivity index (χ0) is 13.2. The predicted molar refractivity (Wildman–Crippen MR) is 65.0 cm³/mol. The van der Waals surface area contributed by atoms with Gasteiger partial charge in [0.15, 0.2) is 0 Å². The van der Waals surface area contributed by atoms with Gasteiger partial charge in [0.2, 0.25) is 0 Å². The Morgan fingerprint density at radius 3 is 3.11 bits per heavy atom. The molecule has 0 saturated carbocycles. The summed E-state index contributed by atoms with van der Waals surface area (Å²) in [5, 5.41) is 17.2. The number of carboxylic acid groups (broad SMARTS) is 1. The SMILES string of the molecule is O=C(O)c1cccc2nnn(CC3COCCO3)c12. The number of rotatable bonds is 3. The Morgan fingerprint density at radius 1 is 1.47 bits per heavy atom. The average molecular weight is 263 g/mol. The van der Waals surface area contributed by atoms with E-state index in [2.05, 4.69) is 10.3 Å². The summed E-state index contributed by atoms with van der Waals surface area (Å²) in [6.07, 6.45) is -0.125. The fourth-order valence-corrected chi connectivity index (χ4v) is 2.17. The maximum Gasteiger partial charge on any atom is 0.337 e. The summed E-state index contributed by atoms with van der Waals surface area (Å²) in [6.45, 7) is 2.05. The molecule has 0 aliphatic carbocycles. The second kappa shape index (κ2) is 4.94. The van der Waals surface area contributed by atoms with Crippen molar-refractivity contribution in [3.05, 3.63) is 23.8 Å². The number of aromatic carboxylic acids is 1. The molecular weight excluding hydrogens is 250 g/mol. The number of carbonyl (C=O) groups is 1. The molecule has 2 aromatic rings. The second-order valence-corrected chi connectivity index (χ2v) is 4.32. The van der Waals surface area contributed by atoms with Crippen molar-refractivity contribution in [1.29, 1.82) is 0 Å². The summed E-state index contributed by atoms with van der Waals surface area (Å²) in [6, 6.07) is 4.94. The third-order valence-electron chi connectivity index (χ3n) is 3.03. The summed E-state index contributed by atoms with van der Waals surface area (Å²) < 4.78 is 12.4. The van der Waals surface area contributed by atoms with E-state index in [-0.39, 0.29) is 11.7 Å². The minimum Gasteiger partial charge on any atom is -0.478 e. The third-order valence-corrected chi connectivity index (χ3v) is 3.03. The van der Waals surface area contributed by atoms with Gasteiger partial charge >= 0.3 is 5.97 Å². The molecule has 3 rings (SSSR count). The second-order valence-electron chi connectivity index (χ2n) is 4.32. The summed E-state index contributed by atoms with van der Waals surface area (Å²) in [7, 11) is 0. The van der Waals surface area contributed by atoms with Gasteiger partial charge in [-0.3, -0.25) is 0 Å². The first-order valence-corrected chi connectivity index (χ1v) is 6.00. The largest absolute Gasteiger partial charge is 0.478 e. The molecule has 7 heteroatoms. The van der Waals surface area contributed by atoms with Gasteiger partial charge in [-0.15, -0.1) is 5.10 Å². The zero-order valence-electron chi connectivity index (χ0n) is 10.2. The third kappa shape index (κ3) is 2.29. The summed E-state index contributed by atoms with van der Waals surface area (Å²) in [5.41, 5.74) is 1.28. The van der Waals surface area contributed by atoms with Crippen LogP contribution in [-0.4, -0.2) is 52.0 Å². The summed E-state index contributed by atoms with van der Waals surface area (Å²) in [4.78, 5) is 11.2. The van der Waals surface area contributed by atoms with E-state index in [1.807, 2.05) is 0 Å². The van der Waals surface area contributed by atoms with Crippen LogP contribution < -0.4 is 0 Å². The average Bonchev–Trinajstić information content (AvgIpc) is 2.83. The van der Waals surface area contributed by atoms with Crippen molar-refractivity contribution in [2.24, 2.45) is 0 Å². The standard InChI is InChI=1S/C12H13N3O4/c16-12(17)9-2-1-3-10-11(9)15(14-13-10)6-8-7-18-4-5-19-8/h1-3,8H,4-7H2,(H,16,17). The van der Waals surface area contributed by atoms with E-state index in [0.717, 1.165) is 0 Å². The first-order valence-electron chi connectivity index (χ1n) is 6.00. The number of ether oxygens (including phenoxy) is 2. The molecular formula is C12H13N3O4. The molecule has 1 aliphatic rings. The molecule has 100 valence electrons. The van der Waals surface area contributed by atoms with E-state index in [1.165, 1.54) is 0 Å². The van der Waals surface area contributed by atoms with Crippen LogP contribution in [0, 0.1) is 0 Å². The van der Waals surface area contributed by atoms with Gasteiger partial charge in [-0.2, -0.15) is 0 Å². The van der Waals surface area contributed by atoms with Gasteiger partial charge < -0.3 is 14.6 Å². The van der Waals surface area contributed by atoms with Gasteiger partial charge in [-0.05, 0) is 12.1 Å². The Kier molecular flexibility index (Phi) is 3.14. The van der Waals surface area contributed by atoms with Crippen LogP contribution in [0.5, 0.6) is 0 Å². The molecule has 7 nitrogen and oxygen atoms in total. The molecule has 1 N–H and O–H groups in total. The van der Waals surface area contributed by atoms with Gasteiger partial charge in [0.25, 0.3) is 0 Å². The van der Waals surface area contributed by atoms with E-state index < -0.39 is 5.97 Å².